The molecule has 1 amide bonds. The summed E-state index contributed by atoms with van der Waals surface area (Å²) >= 11 is 0. The van der Waals surface area contributed by atoms with Gasteiger partial charge in [0.15, 0.2) is 0 Å². The van der Waals surface area contributed by atoms with Crippen LogP contribution in [0.5, 0.6) is 0 Å². The predicted octanol–water partition coefficient (Wildman–Crippen LogP) is 5.00. The van der Waals surface area contributed by atoms with Crippen molar-refractivity contribution in [1.82, 2.24) is 24.9 Å². The molecule has 0 atom stereocenters. The molecule has 34 heavy (non-hydrogen) atoms. The lowest BCUT2D eigenvalue weighted by Crippen LogP contribution is -2.07. The molecule has 0 aliphatic heterocycles. The van der Waals surface area contributed by atoms with Crippen LogP contribution in [0.4, 0.5) is 18.9 Å². The van der Waals surface area contributed by atoms with Gasteiger partial charge in [0.2, 0.25) is 11.7 Å². The number of amides is 1. The summed E-state index contributed by atoms with van der Waals surface area (Å²) in [5.41, 5.74) is 3.39. The maximum Gasteiger partial charge on any atom is 0.471 e. The molecule has 1 aromatic carbocycles. The molecule has 0 unspecified atom stereocenters. The maximum atomic E-state index is 12.6. The van der Waals surface area contributed by atoms with Crippen LogP contribution < -0.4 is 5.32 Å². The zero-order chi connectivity index (χ0) is 23.7. The molecule has 3 aromatic heterocycles. The molecule has 1 N–H and O–H groups in total. The molecule has 5 rings (SSSR count). The van der Waals surface area contributed by atoms with E-state index >= 15 is 0 Å². The van der Waals surface area contributed by atoms with E-state index in [0.717, 1.165) is 29.5 Å². The highest BCUT2D eigenvalue weighted by atomic mass is 19.4. The molecule has 4 aromatic rings. The van der Waals surface area contributed by atoms with Gasteiger partial charge in [-0.1, -0.05) is 5.16 Å². The first kappa shape index (κ1) is 21.6. The molecule has 0 radical (unpaired) electrons. The van der Waals surface area contributed by atoms with Crippen LogP contribution in [0.3, 0.4) is 0 Å². The molecule has 1 aliphatic rings. The highest BCUT2D eigenvalue weighted by Crippen LogP contribution is 2.35. The van der Waals surface area contributed by atoms with Gasteiger partial charge in [0.25, 0.3) is 0 Å². The smallest absolute Gasteiger partial charge is 0.329 e. The number of benzene rings is 1. The Morgan fingerprint density at radius 1 is 1.12 bits per heavy atom. The minimum atomic E-state index is -4.71. The molecule has 1 aliphatic carbocycles. The summed E-state index contributed by atoms with van der Waals surface area (Å²) in [7, 11) is 0. The number of aromatic nitrogens is 5. The van der Waals surface area contributed by atoms with Crippen molar-refractivity contribution in [2.75, 3.05) is 5.32 Å². The standard InChI is InChI=1S/C23H17F3N6O2/c24-23(25,26)22-30-21(31-34-22)14-1-4-17(5-2-14)29-20(33)8-3-15-11-27-10-9-19(15)16-12-28-32(13-16)18-6-7-18/h1-5,8-13,18H,6-7H2,(H,29,33)/b8-3+. The van der Waals surface area contributed by atoms with Crippen LogP contribution in [0.2, 0.25) is 0 Å². The number of halogens is 3. The van der Waals surface area contributed by atoms with Crippen molar-refractivity contribution >= 4 is 17.7 Å². The number of pyridine rings is 1. The lowest BCUT2D eigenvalue weighted by Gasteiger charge is -2.04. The fourth-order valence-electron chi connectivity index (χ4n) is 3.33. The summed E-state index contributed by atoms with van der Waals surface area (Å²) in [5, 5.41) is 10.4. The van der Waals surface area contributed by atoms with Crippen LogP contribution >= 0.6 is 0 Å². The average molecular weight is 466 g/mol. The van der Waals surface area contributed by atoms with Gasteiger partial charge in [0.05, 0.1) is 12.2 Å². The monoisotopic (exact) mass is 466 g/mol. The summed E-state index contributed by atoms with van der Waals surface area (Å²) in [5.74, 6) is -1.99. The summed E-state index contributed by atoms with van der Waals surface area (Å²) in [6, 6.07) is 8.38. The fraction of sp³-hybridized carbons (Fsp3) is 0.174. The van der Waals surface area contributed by atoms with Crippen LogP contribution in [-0.4, -0.2) is 30.8 Å². The number of hydrogen-bond acceptors (Lipinski definition) is 6. The number of alkyl halides is 3. The SMILES string of the molecule is O=C(/C=C/c1cnccc1-c1cnn(C2CC2)c1)Nc1ccc(-c2noc(C(F)(F)F)n2)cc1. The maximum absolute atomic E-state index is 12.6. The van der Waals surface area contributed by atoms with E-state index in [-0.39, 0.29) is 11.7 Å². The molecule has 11 heteroatoms. The Hall–Kier alpha value is -4.28. The molecule has 0 saturated heterocycles. The fourth-order valence-corrected chi connectivity index (χ4v) is 3.33. The van der Waals surface area contributed by atoms with Crippen LogP contribution in [0.1, 0.15) is 30.3 Å². The third kappa shape index (κ3) is 4.72. The van der Waals surface area contributed by atoms with Crippen molar-refractivity contribution in [1.29, 1.82) is 0 Å². The Morgan fingerprint density at radius 3 is 2.62 bits per heavy atom. The van der Waals surface area contributed by atoms with E-state index < -0.39 is 12.1 Å². The number of carbonyl (C=O) groups is 1. The van der Waals surface area contributed by atoms with Crippen molar-refractivity contribution < 1.29 is 22.5 Å². The summed E-state index contributed by atoms with van der Waals surface area (Å²) in [6.07, 6.45) is 7.75. The van der Waals surface area contributed by atoms with Gasteiger partial charge in [-0.15, -0.1) is 0 Å². The number of nitrogens with zero attached hydrogens (tertiary/aromatic N) is 5. The Bertz CT molecular complexity index is 1350. The topological polar surface area (TPSA) is 98.7 Å². The zero-order valence-corrected chi connectivity index (χ0v) is 17.5. The van der Waals surface area contributed by atoms with Crippen molar-refractivity contribution in [3.63, 3.8) is 0 Å². The van der Waals surface area contributed by atoms with E-state index in [1.165, 1.54) is 30.3 Å². The number of hydrogen-bond donors (Lipinski definition) is 1. The van der Waals surface area contributed by atoms with Gasteiger partial charge >= 0.3 is 12.1 Å². The number of anilines is 1. The van der Waals surface area contributed by atoms with Crippen LogP contribution in [0.25, 0.3) is 28.6 Å². The molecule has 0 bridgehead atoms. The number of rotatable bonds is 6. The third-order valence-corrected chi connectivity index (χ3v) is 5.18. The number of carbonyl (C=O) groups excluding carboxylic acids is 1. The zero-order valence-electron chi connectivity index (χ0n) is 17.5. The first-order valence-electron chi connectivity index (χ1n) is 10.4. The largest absolute Gasteiger partial charge is 0.471 e. The Morgan fingerprint density at radius 2 is 1.91 bits per heavy atom. The van der Waals surface area contributed by atoms with E-state index in [2.05, 4.69) is 30.1 Å². The normalized spacial score (nSPS) is 14.0. The Labute approximate surface area is 191 Å². The minimum absolute atomic E-state index is 0.195. The van der Waals surface area contributed by atoms with Gasteiger partial charge in [0.1, 0.15) is 0 Å². The van der Waals surface area contributed by atoms with E-state index in [4.69, 9.17) is 0 Å². The van der Waals surface area contributed by atoms with Crippen LogP contribution in [0.15, 0.2) is 65.7 Å². The van der Waals surface area contributed by atoms with Crippen molar-refractivity contribution in [3.8, 4) is 22.5 Å². The van der Waals surface area contributed by atoms with E-state index in [0.29, 0.717) is 17.3 Å². The van der Waals surface area contributed by atoms with Gasteiger partial charge in [-0.3, -0.25) is 14.5 Å². The Kier molecular flexibility index (Phi) is 5.44. The summed E-state index contributed by atoms with van der Waals surface area (Å²) < 4.78 is 44.0. The molecule has 0 spiro atoms. The van der Waals surface area contributed by atoms with E-state index in [1.807, 2.05) is 16.9 Å². The van der Waals surface area contributed by atoms with Gasteiger partial charge < -0.3 is 9.84 Å². The minimum Gasteiger partial charge on any atom is -0.329 e. The third-order valence-electron chi connectivity index (χ3n) is 5.18. The van der Waals surface area contributed by atoms with Crippen molar-refractivity contribution in [2.45, 2.75) is 25.1 Å². The first-order valence-corrected chi connectivity index (χ1v) is 10.4. The van der Waals surface area contributed by atoms with Gasteiger partial charge in [-0.2, -0.15) is 23.3 Å². The van der Waals surface area contributed by atoms with Gasteiger partial charge in [-0.05, 0) is 54.8 Å². The molecule has 172 valence electrons. The average Bonchev–Trinajstić information content (AvgIpc) is 3.33. The lowest BCUT2D eigenvalue weighted by molar-refractivity contribution is -0.159. The van der Waals surface area contributed by atoms with Crippen LogP contribution in [0, 0.1) is 0 Å². The summed E-state index contributed by atoms with van der Waals surface area (Å²) in [6.45, 7) is 0. The second-order valence-corrected chi connectivity index (χ2v) is 7.72. The molecular weight excluding hydrogens is 449 g/mol. The lowest BCUT2D eigenvalue weighted by atomic mass is 10.0. The van der Waals surface area contributed by atoms with Gasteiger partial charge in [0, 0.05) is 47.0 Å². The summed E-state index contributed by atoms with van der Waals surface area (Å²) in [4.78, 5) is 19.9. The number of nitrogens with one attached hydrogen (secondary N) is 1. The van der Waals surface area contributed by atoms with Crippen molar-refractivity contribution in [3.05, 3.63) is 72.6 Å². The molecule has 1 saturated carbocycles. The second kappa shape index (κ2) is 8.58. The highest BCUT2D eigenvalue weighted by Gasteiger charge is 2.38. The van der Waals surface area contributed by atoms with Crippen LogP contribution in [-0.2, 0) is 11.0 Å². The van der Waals surface area contributed by atoms with E-state index in [9.17, 15) is 18.0 Å². The first-order chi connectivity index (χ1) is 16.4. The van der Waals surface area contributed by atoms with E-state index in [1.54, 1.807) is 24.7 Å². The Balaban J connectivity index is 1.26. The highest BCUT2D eigenvalue weighted by molar-refractivity contribution is 6.02. The van der Waals surface area contributed by atoms with Gasteiger partial charge in [-0.25, -0.2) is 0 Å². The predicted molar refractivity (Wildman–Crippen MR) is 116 cm³/mol. The molecule has 3 heterocycles. The molecule has 8 nitrogen and oxygen atoms in total. The molecular formula is C23H17F3N6O2. The molecule has 1 fully saturated rings. The second-order valence-electron chi connectivity index (χ2n) is 7.72. The quantitative estimate of drug-likeness (QED) is 0.402. The van der Waals surface area contributed by atoms with Crippen molar-refractivity contribution in [2.24, 2.45) is 0 Å².